The summed E-state index contributed by atoms with van der Waals surface area (Å²) in [5, 5.41) is 29.0. The molecule has 150 valence electrons. The molecule has 0 spiro atoms. The fraction of sp³-hybridized carbons (Fsp3) is 0.762. The van der Waals surface area contributed by atoms with Gasteiger partial charge in [-0.1, -0.05) is 44.1 Å². The van der Waals surface area contributed by atoms with E-state index in [9.17, 15) is 15.0 Å². The molecule has 5 heteroatoms. The van der Waals surface area contributed by atoms with Crippen LogP contribution in [-0.4, -0.2) is 40.3 Å². The van der Waals surface area contributed by atoms with Gasteiger partial charge in [-0.05, 0) is 56.8 Å². The van der Waals surface area contributed by atoms with E-state index in [1.165, 1.54) is 7.11 Å². The summed E-state index contributed by atoms with van der Waals surface area (Å²) < 4.78 is 4.69. The molecule has 0 amide bonds. The van der Waals surface area contributed by atoms with Gasteiger partial charge in [0.2, 0.25) is 0 Å². The van der Waals surface area contributed by atoms with Crippen molar-refractivity contribution in [3.63, 3.8) is 0 Å². The number of allylic oxidation sites excluding steroid dienone is 4. The average Bonchev–Trinajstić information content (AvgIpc) is 2.97. The van der Waals surface area contributed by atoms with Gasteiger partial charge in [-0.3, -0.25) is 0 Å². The van der Waals surface area contributed by atoms with Gasteiger partial charge in [-0.2, -0.15) is 0 Å². The fourth-order valence-electron chi connectivity index (χ4n) is 3.69. The van der Waals surface area contributed by atoms with E-state index in [2.05, 4.69) is 31.2 Å². The molecule has 0 aliphatic heterocycles. The molecule has 3 N–H and O–H groups in total. The first-order chi connectivity index (χ1) is 12.4. The quantitative estimate of drug-likeness (QED) is 0.259. The molecule has 1 aliphatic rings. The lowest BCUT2D eigenvalue weighted by Gasteiger charge is -2.22. The molecule has 5 nitrogen and oxygen atoms in total. The third-order valence-electron chi connectivity index (χ3n) is 5.35. The Labute approximate surface area is 157 Å². The largest absolute Gasteiger partial charge is 0.477 e. The summed E-state index contributed by atoms with van der Waals surface area (Å²) in [6.07, 6.45) is 17.1. The van der Waals surface area contributed by atoms with Crippen LogP contribution in [0.1, 0.15) is 71.1 Å². The molecule has 1 rings (SSSR count). The zero-order valence-corrected chi connectivity index (χ0v) is 16.3. The number of methoxy groups -OCH3 is 1. The van der Waals surface area contributed by atoms with Crippen LogP contribution in [0.2, 0.25) is 0 Å². The number of aliphatic hydroxyl groups excluding tert-OH is 1. The summed E-state index contributed by atoms with van der Waals surface area (Å²) >= 11 is 0. The van der Waals surface area contributed by atoms with Gasteiger partial charge in [0, 0.05) is 13.5 Å². The zero-order chi connectivity index (χ0) is 19.4. The maximum absolute atomic E-state index is 11.0. The molecular weight excluding hydrogens is 332 g/mol. The third-order valence-corrected chi connectivity index (χ3v) is 5.35. The maximum atomic E-state index is 11.0. The Morgan fingerprint density at radius 2 is 1.88 bits per heavy atom. The predicted octanol–water partition coefficient (Wildman–Crippen LogP) is 4.05. The number of rotatable bonds is 13. The lowest BCUT2D eigenvalue weighted by Crippen LogP contribution is -2.40. The predicted molar refractivity (Wildman–Crippen MR) is 103 cm³/mol. The third kappa shape index (κ3) is 7.60. The van der Waals surface area contributed by atoms with E-state index in [-0.39, 0.29) is 12.5 Å². The van der Waals surface area contributed by atoms with Gasteiger partial charge < -0.3 is 20.1 Å². The Bertz CT molecular complexity index is 459. The number of aliphatic hydroxyl groups is 2. The van der Waals surface area contributed by atoms with Crippen LogP contribution in [-0.2, 0) is 9.53 Å². The molecule has 1 unspecified atom stereocenters. The molecule has 4 atom stereocenters. The molecule has 0 aromatic rings. The van der Waals surface area contributed by atoms with Crippen molar-refractivity contribution >= 4 is 5.97 Å². The standard InChI is InChI=1S/C21H36O5/c1-3-4-5-6-7-9-12-17-14-15-19(22)18(17)13-10-8-11-16-21(25,26-2)20(23)24/h4-5,9,12,17-19,22,25H,3,6-8,10-11,13-16H2,1-2H3,(H,23,24)/t17-,18+,19-,21?/m0/s1. The summed E-state index contributed by atoms with van der Waals surface area (Å²) in [7, 11) is 1.21. The molecule has 1 aliphatic carbocycles. The summed E-state index contributed by atoms with van der Waals surface area (Å²) in [5.41, 5.74) is 0. The number of ether oxygens (including phenoxy) is 1. The number of unbranched alkanes of at least 4 members (excludes halogenated alkanes) is 3. The Hall–Kier alpha value is -1.17. The molecule has 0 saturated heterocycles. The second-order valence-electron chi connectivity index (χ2n) is 7.25. The highest BCUT2D eigenvalue weighted by atomic mass is 16.6. The van der Waals surface area contributed by atoms with Crippen molar-refractivity contribution in [3.05, 3.63) is 24.3 Å². The first-order valence-corrected chi connectivity index (χ1v) is 9.95. The molecule has 26 heavy (non-hydrogen) atoms. The number of carbonyl (C=O) groups is 1. The molecule has 0 aromatic heterocycles. The minimum absolute atomic E-state index is 0.0840. The van der Waals surface area contributed by atoms with E-state index >= 15 is 0 Å². The van der Waals surface area contributed by atoms with E-state index in [4.69, 9.17) is 9.84 Å². The van der Waals surface area contributed by atoms with E-state index in [1.54, 1.807) is 0 Å². The van der Waals surface area contributed by atoms with Crippen molar-refractivity contribution < 1.29 is 24.9 Å². The number of hydrogen-bond donors (Lipinski definition) is 3. The van der Waals surface area contributed by atoms with Crippen molar-refractivity contribution in [1.29, 1.82) is 0 Å². The minimum atomic E-state index is -2.08. The molecule has 0 aromatic carbocycles. The molecule has 0 radical (unpaired) electrons. The van der Waals surface area contributed by atoms with E-state index < -0.39 is 11.8 Å². The van der Waals surface area contributed by atoms with Gasteiger partial charge in [0.25, 0.3) is 5.79 Å². The fourth-order valence-corrected chi connectivity index (χ4v) is 3.69. The van der Waals surface area contributed by atoms with Crippen LogP contribution in [0.5, 0.6) is 0 Å². The SMILES string of the molecule is CCC=CCCC=C[C@H]1CC[C@H](O)[C@@H]1CCCCCC(O)(OC)C(=O)O. The minimum Gasteiger partial charge on any atom is -0.477 e. The monoisotopic (exact) mass is 368 g/mol. The Balaban J connectivity index is 2.31. The lowest BCUT2D eigenvalue weighted by atomic mass is 9.88. The van der Waals surface area contributed by atoms with Crippen molar-refractivity contribution in [2.24, 2.45) is 11.8 Å². The maximum Gasteiger partial charge on any atom is 0.364 e. The number of carboxylic acids is 1. The van der Waals surface area contributed by atoms with Crippen LogP contribution in [0.25, 0.3) is 0 Å². The highest BCUT2D eigenvalue weighted by molar-refractivity contribution is 5.75. The smallest absolute Gasteiger partial charge is 0.364 e. The van der Waals surface area contributed by atoms with Gasteiger partial charge in [0.1, 0.15) is 0 Å². The molecule has 1 fully saturated rings. The lowest BCUT2D eigenvalue weighted by molar-refractivity contribution is -0.216. The van der Waals surface area contributed by atoms with E-state index in [0.29, 0.717) is 18.3 Å². The van der Waals surface area contributed by atoms with Gasteiger partial charge in [0.05, 0.1) is 6.10 Å². The van der Waals surface area contributed by atoms with Crippen LogP contribution >= 0.6 is 0 Å². The number of hydrogen-bond acceptors (Lipinski definition) is 4. The van der Waals surface area contributed by atoms with Crippen molar-refractivity contribution in [1.82, 2.24) is 0 Å². The number of aliphatic carboxylic acids is 1. The molecular formula is C21H36O5. The first kappa shape index (κ1) is 22.9. The average molecular weight is 369 g/mol. The van der Waals surface area contributed by atoms with Crippen molar-refractivity contribution in [2.75, 3.05) is 7.11 Å². The van der Waals surface area contributed by atoms with Gasteiger partial charge in [0.15, 0.2) is 0 Å². The van der Waals surface area contributed by atoms with E-state index in [1.807, 2.05) is 0 Å². The second-order valence-corrected chi connectivity index (χ2v) is 7.25. The Morgan fingerprint density at radius 1 is 1.15 bits per heavy atom. The van der Waals surface area contributed by atoms with Crippen LogP contribution in [0, 0.1) is 11.8 Å². The van der Waals surface area contributed by atoms with Crippen molar-refractivity contribution in [3.8, 4) is 0 Å². The number of carboxylic acid groups (broad SMARTS) is 1. The first-order valence-electron chi connectivity index (χ1n) is 9.95. The normalized spacial score (nSPS) is 25.9. The van der Waals surface area contributed by atoms with Crippen molar-refractivity contribution in [2.45, 2.75) is 83.0 Å². The summed E-state index contributed by atoms with van der Waals surface area (Å²) in [4.78, 5) is 11.0. The van der Waals surface area contributed by atoms with Gasteiger partial charge in [-0.25, -0.2) is 4.79 Å². The summed E-state index contributed by atoms with van der Waals surface area (Å²) in [6, 6.07) is 0. The van der Waals surface area contributed by atoms with Gasteiger partial charge >= 0.3 is 5.97 Å². The Morgan fingerprint density at radius 3 is 2.54 bits per heavy atom. The second kappa shape index (κ2) is 12.3. The highest BCUT2D eigenvalue weighted by Gasteiger charge is 2.35. The topological polar surface area (TPSA) is 87.0 Å². The van der Waals surface area contributed by atoms with Gasteiger partial charge in [-0.15, -0.1) is 0 Å². The van der Waals surface area contributed by atoms with E-state index in [0.717, 1.165) is 51.4 Å². The van der Waals surface area contributed by atoms with Crippen LogP contribution in [0.3, 0.4) is 0 Å². The summed E-state index contributed by atoms with van der Waals surface area (Å²) in [6.45, 7) is 2.13. The summed E-state index contributed by atoms with van der Waals surface area (Å²) in [5.74, 6) is -2.69. The Kier molecular flexibility index (Phi) is 10.8. The molecule has 0 heterocycles. The zero-order valence-electron chi connectivity index (χ0n) is 16.3. The van der Waals surface area contributed by atoms with Crippen LogP contribution < -0.4 is 0 Å². The van der Waals surface area contributed by atoms with Crippen LogP contribution in [0.4, 0.5) is 0 Å². The molecule has 1 saturated carbocycles. The van der Waals surface area contributed by atoms with Crippen LogP contribution in [0.15, 0.2) is 24.3 Å². The highest BCUT2D eigenvalue weighted by Crippen LogP contribution is 2.37. The molecule has 0 bridgehead atoms.